The van der Waals surface area contributed by atoms with Gasteiger partial charge in [0.05, 0.1) is 31.9 Å². The summed E-state index contributed by atoms with van der Waals surface area (Å²) < 4.78 is 15.8. The van der Waals surface area contributed by atoms with Crippen LogP contribution in [0, 0.1) is 0 Å². The van der Waals surface area contributed by atoms with Crippen LogP contribution in [0.5, 0.6) is 17.2 Å². The highest BCUT2D eigenvalue weighted by Crippen LogP contribution is 2.36. The van der Waals surface area contributed by atoms with Gasteiger partial charge in [0, 0.05) is 6.54 Å². The van der Waals surface area contributed by atoms with Gasteiger partial charge in [-0.05, 0) is 66.2 Å². The quantitative estimate of drug-likeness (QED) is 0.616. The molecule has 0 spiro atoms. The van der Waals surface area contributed by atoms with Gasteiger partial charge in [0.2, 0.25) is 0 Å². The number of rotatable bonds is 7. The molecule has 1 fully saturated rings. The minimum atomic E-state index is -0.0427. The number of thioether (sulfide) groups is 1. The first-order valence-corrected chi connectivity index (χ1v) is 10.1. The van der Waals surface area contributed by atoms with Crippen molar-refractivity contribution in [3.8, 4) is 17.2 Å². The number of amides is 1. The fourth-order valence-electron chi connectivity index (χ4n) is 2.87. The summed E-state index contributed by atoms with van der Waals surface area (Å²) in [4.78, 5) is 20.0. The maximum absolute atomic E-state index is 13.0. The van der Waals surface area contributed by atoms with Crippen molar-refractivity contribution >= 4 is 34.6 Å². The molecule has 3 rings (SSSR count). The molecule has 2 aromatic carbocycles. The number of ether oxygens (including phenoxy) is 3. The molecule has 1 aliphatic heterocycles. The van der Waals surface area contributed by atoms with Crippen molar-refractivity contribution in [1.29, 1.82) is 0 Å². The molecule has 6 nitrogen and oxygen atoms in total. The Morgan fingerprint density at radius 2 is 1.72 bits per heavy atom. The number of carbonyl (C=O) groups excluding carboxylic acids is 1. The molecule has 0 radical (unpaired) electrons. The largest absolute Gasteiger partial charge is 0.497 e. The number of benzene rings is 2. The smallest absolute Gasteiger partial charge is 0.266 e. The molecule has 0 saturated carbocycles. The third-order valence-corrected chi connectivity index (χ3v) is 5.34. The van der Waals surface area contributed by atoms with E-state index < -0.39 is 0 Å². The van der Waals surface area contributed by atoms with Crippen LogP contribution in [0.2, 0.25) is 0 Å². The van der Waals surface area contributed by atoms with Crippen molar-refractivity contribution in [2.24, 2.45) is 4.99 Å². The summed E-state index contributed by atoms with van der Waals surface area (Å²) in [5.74, 6) is 1.99. The van der Waals surface area contributed by atoms with Crippen molar-refractivity contribution in [1.82, 2.24) is 4.90 Å². The zero-order chi connectivity index (χ0) is 20.8. The average molecular weight is 413 g/mol. The van der Waals surface area contributed by atoms with Gasteiger partial charge < -0.3 is 14.2 Å². The second-order valence-electron chi connectivity index (χ2n) is 6.27. The maximum atomic E-state index is 13.0. The summed E-state index contributed by atoms with van der Waals surface area (Å²) in [6.07, 6.45) is 2.70. The Bertz CT molecular complexity index is 938. The number of hydrogen-bond acceptors (Lipinski definition) is 6. The van der Waals surface area contributed by atoms with Crippen LogP contribution in [0.15, 0.2) is 52.4 Å². The number of nitrogens with zero attached hydrogens (tertiary/aromatic N) is 2. The molecule has 1 saturated heterocycles. The molecular weight excluding hydrogens is 388 g/mol. The second-order valence-corrected chi connectivity index (χ2v) is 7.28. The van der Waals surface area contributed by atoms with Gasteiger partial charge in [-0.1, -0.05) is 13.0 Å². The highest BCUT2D eigenvalue weighted by Gasteiger charge is 2.32. The third kappa shape index (κ3) is 4.74. The average Bonchev–Trinajstić information content (AvgIpc) is 3.03. The molecule has 1 amide bonds. The minimum Gasteiger partial charge on any atom is -0.497 e. The summed E-state index contributed by atoms with van der Waals surface area (Å²) in [5.41, 5.74) is 1.63. The molecule has 7 heteroatoms. The van der Waals surface area contributed by atoms with E-state index in [4.69, 9.17) is 14.2 Å². The summed E-state index contributed by atoms with van der Waals surface area (Å²) in [7, 11) is 4.81. The van der Waals surface area contributed by atoms with E-state index in [1.807, 2.05) is 55.5 Å². The van der Waals surface area contributed by atoms with E-state index in [2.05, 4.69) is 4.99 Å². The lowest BCUT2D eigenvalue weighted by Crippen LogP contribution is -2.29. The molecule has 0 aliphatic carbocycles. The maximum Gasteiger partial charge on any atom is 0.266 e. The van der Waals surface area contributed by atoms with E-state index in [9.17, 15) is 4.79 Å². The first-order chi connectivity index (χ1) is 14.1. The molecule has 29 heavy (non-hydrogen) atoms. The zero-order valence-corrected chi connectivity index (χ0v) is 17.8. The normalized spacial score (nSPS) is 16.6. The van der Waals surface area contributed by atoms with Gasteiger partial charge in [0.1, 0.15) is 5.75 Å². The Morgan fingerprint density at radius 3 is 2.34 bits per heavy atom. The first kappa shape index (κ1) is 20.8. The van der Waals surface area contributed by atoms with Gasteiger partial charge in [-0.2, -0.15) is 0 Å². The number of aliphatic imine (C=N–C) groups is 1. The van der Waals surface area contributed by atoms with Crippen LogP contribution in [-0.4, -0.2) is 43.8 Å². The van der Waals surface area contributed by atoms with Crippen molar-refractivity contribution in [3.05, 3.63) is 52.9 Å². The third-order valence-electron chi connectivity index (χ3n) is 4.34. The van der Waals surface area contributed by atoms with E-state index >= 15 is 0 Å². The van der Waals surface area contributed by atoms with Gasteiger partial charge >= 0.3 is 0 Å². The molecule has 0 N–H and O–H groups in total. The lowest BCUT2D eigenvalue weighted by molar-refractivity contribution is -0.122. The Morgan fingerprint density at radius 1 is 1.00 bits per heavy atom. The molecule has 0 unspecified atom stereocenters. The Hall–Kier alpha value is -2.93. The monoisotopic (exact) mass is 412 g/mol. The van der Waals surface area contributed by atoms with Crippen molar-refractivity contribution in [2.75, 3.05) is 27.9 Å². The van der Waals surface area contributed by atoms with Crippen LogP contribution in [0.25, 0.3) is 6.08 Å². The summed E-state index contributed by atoms with van der Waals surface area (Å²) in [6.45, 7) is 2.66. The highest BCUT2D eigenvalue weighted by atomic mass is 32.2. The molecule has 1 aliphatic rings. The van der Waals surface area contributed by atoms with Gasteiger partial charge in [0.25, 0.3) is 5.91 Å². The molecule has 0 bridgehead atoms. The lowest BCUT2D eigenvalue weighted by Gasteiger charge is -2.14. The van der Waals surface area contributed by atoms with Gasteiger partial charge in [-0.15, -0.1) is 0 Å². The predicted octanol–water partition coefficient (Wildman–Crippen LogP) is 4.73. The highest BCUT2D eigenvalue weighted by molar-refractivity contribution is 8.18. The van der Waals surface area contributed by atoms with Crippen LogP contribution < -0.4 is 14.2 Å². The molecular formula is C22H24N2O4S. The van der Waals surface area contributed by atoms with E-state index in [1.165, 1.54) is 11.8 Å². The Kier molecular flexibility index (Phi) is 6.82. The fourth-order valence-corrected chi connectivity index (χ4v) is 3.90. The van der Waals surface area contributed by atoms with Crippen molar-refractivity contribution < 1.29 is 19.0 Å². The molecule has 2 aromatic rings. The van der Waals surface area contributed by atoms with Crippen LogP contribution in [0.1, 0.15) is 18.9 Å². The standard InChI is InChI=1S/C22H24N2O4S/c1-5-12-24-21(25)20(14-15-6-11-18(27-3)19(13-15)28-4)29-22(24)23-16-7-9-17(26-2)10-8-16/h6-11,13-14H,5,12H2,1-4H3/b20-14+,23-22?. The van der Waals surface area contributed by atoms with E-state index in [0.29, 0.717) is 28.1 Å². The summed E-state index contributed by atoms with van der Waals surface area (Å²) in [5, 5.41) is 0.675. The molecule has 0 aromatic heterocycles. The lowest BCUT2D eigenvalue weighted by atomic mass is 10.2. The van der Waals surface area contributed by atoms with Gasteiger partial charge in [-0.25, -0.2) is 4.99 Å². The number of hydrogen-bond donors (Lipinski definition) is 0. The SMILES string of the molecule is CCCN1C(=O)/C(=C\c2ccc(OC)c(OC)c2)SC1=Nc1ccc(OC)cc1. The molecule has 152 valence electrons. The van der Waals surface area contributed by atoms with Crippen LogP contribution in [0.3, 0.4) is 0 Å². The van der Waals surface area contributed by atoms with E-state index in [0.717, 1.165) is 23.4 Å². The van der Waals surface area contributed by atoms with Crippen LogP contribution in [-0.2, 0) is 4.79 Å². The molecule has 1 heterocycles. The van der Waals surface area contributed by atoms with E-state index in [1.54, 1.807) is 26.2 Å². The van der Waals surface area contributed by atoms with Gasteiger partial charge in [-0.3, -0.25) is 9.69 Å². The Balaban J connectivity index is 1.92. The predicted molar refractivity (Wildman–Crippen MR) is 117 cm³/mol. The van der Waals surface area contributed by atoms with Gasteiger partial charge in [0.15, 0.2) is 16.7 Å². The van der Waals surface area contributed by atoms with Crippen molar-refractivity contribution in [3.63, 3.8) is 0 Å². The number of methoxy groups -OCH3 is 3. The molecule has 0 atom stereocenters. The van der Waals surface area contributed by atoms with E-state index in [-0.39, 0.29) is 5.91 Å². The minimum absolute atomic E-state index is 0.0427. The summed E-state index contributed by atoms with van der Waals surface area (Å²) in [6, 6.07) is 13.0. The topological polar surface area (TPSA) is 60.4 Å². The summed E-state index contributed by atoms with van der Waals surface area (Å²) >= 11 is 1.37. The first-order valence-electron chi connectivity index (χ1n) is 9.25. The Labute approximate surface area is 175 Å². The van der Waals surface area contributed by atoms with Crippen molar-refractivity contribution in [2.45, 2.75) is 13.3 Å². The zero-order valence-electron chi connectivity index (χ0n) is 17.0. The second kappa shape index (κ2) is 9.52. The number of carbonyl (C=O) groups is 1. The number of amidine groups is 1. The fraction of sp³-hybridized carbons (Fsp3) is 0.273. The van der Waals surface area contributed by atoms with Crippen LogP contribution in [0.4, 0.5) is 5.69 Å². The van der Waals surface area contributed by atoms with Crippen LogP contribution >= 0.6 is 11.8 Å².